The van der Waals surface area contributed by atoms with E-state index in [1.807, 2.05) is 0 Å². The van der Waals surface area contributed by atoms with E-state index in [1.54, 1.807) is 31.6 Å². The summed E-state index contributed by atoms with van der Waals surface area (Å²) < 4.78 is 5.34. The molecule has 0 aliphatic rings. The molecule has 0 amide bonds. The maximum absolute atomic E-state index is 5.90. The van der Waals surface area contributed by atoms with Crippen LogP contribution in [0.2, 0.25) is 5.15 Å². The largest absolute Gasteiger partial charge is 0.496 e. The molecule has 19 heavy (non-hydrogen) atoms. The number of nitrogens with one attached hydrogen (secondary N) is 1. The van der Waals surface area contributed by atoms with Crippen molar-refractivity contribution >= 4 is 28.6 Å². The lowest BCUT2D eigenvalue weighted by Crippen LogP contribution is -1.96. The van der Waals surface area contributed by atoms with Gasteiger partial charge in [0.15, 0.2) is 0 Å². The SMILES string of the molecule is COc1ccnc2[nH]cc(-c3cc(Cl)nc(N)n3)c12. The Hall–Kier alpha value is -2.34. The third-order valence-electron chi connectivity index (χ3n) is 2.74. The molecule has 96 valence electrons. The zero-order valence-electron chi connectivity index (χ0n) is 10.0. The number of nitrogen functional groups attached to an aromatic ring is 1. The Morgan fingerprint density at radius 2 is 2.21 bits per heavy atom. The van der Waals surface area contributed by atoms with Crippen LogP contribution >= 0.6 is 11.6 Å². The summed E-state index contributed by atoms with van der Waals surface area (Å²) in [6, 6.07) is 3.43. The normalized spacial score (nSPS) is 10.8. The lowest BCUT2D eigenvalue weighted by molar-refractivity contribution is 0.419. The summed E-state index contributed by atoms with van der Waals surface area (Å²) in [7, 11) is 1.60. The van der Waals surface area contributed by atoms with Gasteiger partial charge in [-0.05, 0) is 6.07 Å². The molecule has 0 fully saturated rings. The summed E-state index contributed by atoms with van der Waals surface area (Å²) in [5.41, 5.74) is 7.76. The van der Waals surface area contributed by atoms with Crippen LogP contribution in [0.1, 0.15) is 0 Å². The Labute approximate surface area is 113 Å². The number of hydrogen-bond donors (Lipinski definition) is 2. The van der Waals surface area contributed by atoms with Crippen molar-refractivity contribution in [1.29, 1.82) is 0 Å². The minimum Gasteiger partial charge on any atom is -0.496 e. The number of pyridine rings is 1. The molecule has 0 aliphatic carbocycles. The fourth-order valence-corrected chi connectivity index (χ4v) is 2.16. The lowest BCUT2D eigenvalue weighted by Gasteiger charge is -2.04. The molecule has 0 aromatic carbocycles. The van der Waals surface area contributed by atoms with E-state index in [-0.39, 0.29) is 5.95 Å². The maximum atomic E-state index is 5.90. The summed E-state index contributed by atoms with van der Waals surface area (Å²) in [6.07, 6.45) is 3.46. The Kier molecular flexibility index (Phi) is 2.72. The molecule has 3 aromatic heterocycles. The van der Waals surface area contributed by atoms with Crippen molar-refractivity contribution < 1.29 is 4.74 Å². The van der Waals surface area contributed by atoms with Crippen molar-refractivity contribution in [2.24, 2.45) is 0 Å². The van der Waals surface area contributed by atoms with Gasteiger partial charge in [-0.3, -0.25) is 0 Å². The van der Waals surface area contributed by atoms with Gasteiger partial charge in [0.1, 0.15) is 16.5 Å². The van der Waals surface area contributed by atoms with Crippen molar-refractivity contribution in [2.75, 3.05) is 12.8 Å². The number of nitrogens with zero attached hydrogens (tertiary/aromatic N) is 3. The van der Waals surface area contributed by atoms with Crippen LogP contribution in [0.5, 0.6) is 5.75 Å². The number of H-pyrrole nitrogens is 1. The van der Waals surface area contributed by atoms with Crippen molar-refractivity contribution in [3.8, 4) is 17.0 Å². The topological polar surface area (TPSA) is 89.7 Å². The number of anilines is 1. The van der Waals surface area contributed by atoms with Crippen molar-refractivity contribution in [3.05, 3.63) is 29.7 Å². The molecule has 0 saturated carbocycles. The first-order valence-corrected chi connectivity index (χ1v) is 5.87. The van der Waals surface area contributed by atoms with Crippen molar-refractivity contribution in [3.63, 3.8) is 0 Å². The van der Waals surface area contributed by atoms with E-state index in [0.717, 1.165) is 10.9 Å². The third-order valence-corrected chi connectivity index (χ3v) is 2.94. The van der Waals surface area contributed by atoms with Gasteiger partial charge < -0.3 is 15.5 Å². The predicted octanol–water partition coefficient (Wildman–Crippen LogP) is 2.26. The van der Waals surface area contributed by atoms with E-state index in [9.17, 15) is 0 Å². The van der Waals surface area contributed by atoms with E-state index in [1.165, 1.54) is 0 Å². The third kappa shape index (κ3) is 1.96. The number of aromatic amines is 1. The first kappa shape index (κ1) is 11.7. The van der Waals surface area contributed by atoms with Crippen LogP contribution in [0.3, 0.4) is 0 Å². The average Bonchev–Trinajstić information content (AvgIpc) is 2.81. The molecule has 0 bridgehead atoms. The van der Waals surface area contributed by atoms with E-state index < -0.39 is 0 Å². The number of fused-ring (bicyclic) bond motifs is 1. The Balaban J connectivity index is 2.30. The molecule has 3 N–H and O–H groups in total. The second-order valence-electron chi connectivity index (χ2n) is 3.87. The predicted molar refractivity (Wildman–Crippen MR) is 73.1 cm³/mol. The van der Waals surface area contributed by atoms with Gasteiger partial charge in [0.25, 0.3) is 0 Å². The minimum absolute atomic E-state index is 0.125. The zero-order valence-corrected chi connectivity index (χ0v) is 10.8. The molecule has 7 heteroatoms. The van der Waals surface area contributed by atoms with Crippen LogP contribution in [-0.4, -0.2) is 27.0 Å². The molecule has 3 heterocycles. The van der Waals surface area contributed by atoms with E-state index in [4.69, 9.17) is 22.1 Å². The molecular weight excluding hydrogens is 266 g/mol. The standard InChI is InChI=1S/C12H10ClN5O/c1-19-8-2-3-15-11-10(8)6(5-16-11)7-4-9(13)18-12(14)17-7/h2-5H,1H3,(H,15,16)(H2,14,17,18). The summed E-state index contributed by atoms with van der Waals surface area (Å²) in [5, 5.41) is 1.12. The number of hydrogen-bond acceptors (Lipinski definition) is 5. The van der Waals surface area contributed by atoms with E-state index in [2.05, 4.69) is 19.9 Å². The van der Waals surface area contributed by atoms with Crippen molar-refractivity contribution in [2.45, 2.75) is 0 Å². The molecule has 0 spiro atoms. The molecule has 0 saturated heterocycles. The van der Waals surface area contributed by atoms with E-state index in [0.29, 0.717) is 22.2 Å². The molecule has 0 atom stereocenters. The lowest BCUT2D eigenvalue weighted by atomic mass is 10.1. The Bertz CT molecular complexity index is 735. The fourth-order valence-electron chi connectivity index (χ4n) is 1.97. The fraction of sp³-hybridized carbons (Fsp3) is 0.0833. The van der Waals surface area contributed by atoms with Crippen LogP contribution < -0.4 is 10.5 Å². The zero-order chi connectivity index (χ0) is 13.4. The Morgan fingerprint density at radius 3 is 2.95 bits per heavy atom. The summed E-state index contributed by atoms with van der Waals surface area (Å²) in [6.45, 7) is 0. The smallest absolute Gasteiger partial charge is 0.221 e. The van der Waals surface area contributed by atoms with Gasteiger partial charge in [-0.25, -0.2) is 15.0 Å². The summed E-state index contributed by atoms with van der Waals surface area (Å²) >= 11 is 5.90. The van der Waals surface area contributed by atoms with Crippen LogP contribution in [0, 0.1) is 0 Å². The van der Waals surface area contributed by atoms with Crippen LogP contribution in [0.15, 0.2) is 24.5 Å². The van der Waals surface area contributed by atoms with Crippen LogP contribution in [0.25, 0.3) is 22.3 Å². The number of methoxy groups -OCH3 is 1. The second-order valence-corrected chi connectivity index (χ2v) is 4.26. The molecule has 6 nitrogen and oxygen atoms in total. The first-order chi connectivity index (χ1) is 9.19. The van der Waals surface area contributed by atoms with Crippen LogP contribution in [0.4, 0.5) is 5.95 Å². The molecular formula is C12H10ClN5O. The summed E-state index contributed by atoms with van der Waals surface area (Å²) in [5.74, 6) is 0.828. The second kappa shape index (κ2) is 4.40. The van der Waals surface area contributed by atoms with Gasteiger partial charge in [-0.15, -0.1) is 0 Å². The summed E-state index contributed by atoms with van der Waals surface area (Å²) in [4.78, 5) is 15.3. The van der Waals surface area contributed by atoms with Gasteiger partial charge in [0.05, 0.1) is 18.2 Å². The molecule has 0 aliphatic heterocycles. The monoisotopic (exact) mass is 275 g/mol. The number of rotatable bonds is 2. The van der Waals surface area contributed by atoms with Gasteiger partial charge in [-0.1, -0.05) is 11.6 Å². The highest BCUT2D eigenvalue weighted by molar-refractivity contribution is 6.29. The van der Waals surface area contributed by atoms with Gasteiger partial charge in [0, 0.05) is 24.0 Å². The highest BCUT2D eigenvalue weighted by atomic mass is 35.5. The molecule has 3 aromatic rings. The quantitative estimate of drug-likeness (QED) is 0.700. The molecule has 3 rings (SSSR count). The number of aromatic nitrogens is 4. The number of halogens is 1. The molecule has 0 unspecified atom stereocenters. The Morgan fingerprint density at radius 1 is 1.37 bits per heavy atom. The first-order valence-electron chi connectivity index (χ1n) is 5.49. The minimum atomic E-state index is 0.125. The number of ether oxygens (including phenoxy) is 1. The maximum Gasteiger partial charge on any atom is 0.221 e. The average molecular weight is 276 g/mol. The van der Waals surface area contributed by atoms with Gasteiger partial charge in [-0.2, -0.15) is 0 Å². The van der Waals surface area contributed by atoms with Gasteiger partial charge >= 0.3 is 0 Å². The highest BCUT2D eigenvalue weighted by Gasteiger charge is 2.14. The number of nitrogens with two attached hydrogens (primary N) is 1. The van der Waals surface area contributed by atoms with Crippen LogP contribution in [-0.2, 0) is 0 Å². The van der Waals surface area contributed by atoms with Gasteiger partial charge in [0.2, 0.25) is 5.95 Å². The molecule has 0 radical (unpaired) electrons. The highest BCUT2D eigenvalue weighted by Crippen LogP contribution is 2.33. The van der Waals surface area contributed by atoms with Crippen molar-refractivity contribution in [1.82, 2.24) is 19.9 Å². The van der Waals surface area contributed by atoms with E-state index >= 15 is 0 Å².